The number of allylic oxidation sites excluding steroid dienone is 1. The molecule has 2 aromatic rings. The van der Waals surface area contributed by atoms with E-state index in [4.69, 9.17) is 9.47 Å². The summed E-state index contributed by atoms with van der Waals surface area (Å²) in [5, 5.41) is 0. The average molecular weight is 387 g/mol. The Morgan fingerprint density at radius 3 is 2.44 bits per heavy atom. The Labute approximate surface area is 159 Å². The van der Waals surface area contributed by atoms with E-state index in [2.05, 4.69) is 0 Å². The van der Waals surface area contributed by atoms with Gasteiger partial charge in [-0.25, -0.2) is 8.42 Å². The summed E-state index contributed by atoms with van der Waals surface area (Å²) in [5.41, 5.74) is 1.16. The fraction of sp³-hybridized carbons (Fsp3) is 0.250. The van der Waals surface area contributed by atoms with Crippen molar-refractivity contribution in [3.05, 3.63) is 59.7 Å². The largest absolute Gasteiger partial charge is 0.454 e. The van der Waals surface area contributed by atoms with Crippen molar-refractivity contribution in [2.75, 3.05) is 19.9 Å². The molecule has 0 fully saturated rings. The number of fused-ring (bicyclic) bond motifs is 1. The van der Waals surface area contributed by atoms with Gasteiger partial charge in [0, 0.05) is 24.2 Å². The lowest BCUT2D eigenvalue weighted by Gasteiger charge is -2.18. The first kappa shape index (κ1) is 19.1. The Bertz CT molecular complexity index is 960. The Hall–Kier alpha value is -2.64. The second-order valence-electron chi connectivity index (χ2n) is 5.89. The lowest BCUT2D eigenvalue weighted by molar-refractivity contribution is 0.104. The molecule has 0 amide bonds. The summed E-state index contributed by atoms with van der Waals surface area (Å²) in [6.45, 7) is 4.54. The van der Waals surface area contributed by atoms with Crippen LogP contribution in [0.2, 0.25) is 0 Å². The maximum atomic E-state index is 12.5. The van der Waals surface area contributed by atoms with Gasteiger partial charge in [-0.3, -0.25) is 4.79 Å². The van der Waals surface area contributed by atoms with Crippen molar-refractivity contribution in [2.24, 2.45) is 0 Å². The Morgan fingerprint density at radius 1 is 1.07 bits per heavy atom. The number of sulfonamides is 1. The van der Waals surface area contributed by atoms with Crippen LogP contribution >= 0.6 is 0 Å². The predicted molar refractivity (Wildman–Crippen MR) is 102 cm³/mol. The molecule has 6 nitrogen and oxygen atoms in total. The smallest absolute Gasteiger partial charge is 0.243 e. The molecule has 3 rings (SSSR count). The van der Waals surface area contributed by atoms with Gasteiger partial charge in [0.15, 0.2) is 17.3 Å². The third-order valence-corrected chi connectivity index (χ3v) is 6.39. The Morgan fingerprint density at radius 2 is 1.78 bits per heavy atom. The van der Waals surface area contributed by atoms with Gasteiger partial charge in [0.1, 0.15) is 0 Å². The van der Waals surface area contributed by atoms with E-state index in [-0.39, 0.29) is 17.5 Å². The molecule has 0 N–H and O–H groups in total. The van der Waals surface area contributed by atoms with E-state index < -0.39 is 10.0 Å². The molecule has 0 unspecified atom stereocenters. The SMILES string of the molecule is CCN(CC)S(=O)(=O)c1ccc(C(=O)/C=C/c2cccc3c2OCO3)cc1. The van der Waals surface area contributed by atoms with Gasteiger partial charge in [0.2, 0.25) is 16.8 Å². The molecule has 27 heavy (non-hydrogen) atoms. The fourth-order valence-electron chi connectivity index (χ4n) is 2.85. The zero-order chi connectivity index (χ0) is 19.4. The molecule has 7 heteroatoms. The standard InChI is InChI=1S/C20H21NO5S/c1-3-21(4-2)27(23,24)17-11-8-15(9-12-17)18(22)13-10-16-6-5-7-19-20(16)26-14-25-19/h5-13H,3-4,14H2,1-2H3/b13-10+. The van der Waals surface area contributed by atoms with Crippen molar-refractivity contribution in [3.8, 4) is 11.5 Å². The van der Waals surface area contributed by atoms with Crippen LogP contribution in [0.15, 0.2) is 53.4 Å². The van der Waals surface area contributed by atoms with Crippen LogP contribution in [-0.4, -0.2) is 38.4 Å². The predicted octanol–water partition coefficient (Wildman–Crippen LogP) is 3.34. The minimum Gasteiger partial charge on any atom is -0.454 e. The molecule has 0 aliphatic carbocycles. The Balaban J connectivity index is 1.78. The van der Waals surface area contributed by atoms with Crippen LogP contribution in [0.3, 0.4) is 0 Å². The zero-order valence-corrected chi connectivity index (χ0v) is 16.0. The number of hydrogen-bond donors (Lipinski definition) is 0. The third-order valence-electron chi connectivity index (χ3n) is 4.32. The Kier molecular flexibility index (Phi) is 5.62. The summed E-state index contributed by atoms with van der Waals surface area (Å²) in [5.74, 6) is 1.04. The lowest BCUT2D eigenvalue weighted by atomic mass is 10.1. The molecule has 0 saturated heterocycles. The zero-order valence-electron chi connectivity index (χ0n) is 15.2. The first-order valence-corrected chi connectivity index (χ1v) is 10.1. The van der Waals surface area contributed by atoms with Gasteiger partial charge in [0.05, 0.1) is 4.90 Å². The molecule has 0 aromatic heterocycles. The molecular weight excluding hydrogens is 366 g/mol. The van der Waals surface area contributed by atoms with Crippen LogP contribution in [0.4, 0.5) is 0 Å². The average Bonchev–Trinajstić information content (AvgIpc) is 3.16. The van der Waals surface area contributed by atoms with E-state index in [9.17, 15) is 13.2 Å². The monoisotopic (exact) mass is 387 g/mol. The second kappa shape index (κ2) is 7.94. The molecular formula is C20H21NO5S. The van der Waals surface area contributed by atoms with Crippen LogP contribution in [-0.2, 0) is 10.0 Å². The lowest BCUT2D eigenvalue weighted by Crippen LogP contribution is -2.30. The summed E-state index contributed by atoms with van der Waals surface area (Å²) in [6.07, 6.45) is 3.10. The molecule has 0 bridgehead atoms. The van der Waals surface area contributed by atoms with Gasteiger partial charge in [-0.05, 0) is 42.5 Å². The highest BCUT2D eigenvalue weighted by atomic mass is 32.2. The highest BCUT2D eigenvalue weighted by Crippen LogP contribution is 2.36. The van der Waals surface area contributed by atoms with Crippen LogP contribution in [0.1, 0.15) is 29.8 Å². The number of nitrogens with zero attached hydrogens (tertiary/aromatic N) is 1. The molecule has 0 radical (unpaired) electrons. The first-order valence-electron chi connectivity index (χ1n) is 8.68. The number of carbonyl (C=O) groups is 1. The molecule has 142 valence electrons. The van der Waals surface area contributed by atoms with Crippen molar-refractivity contribution in [1.82, 2.24) is 4.31 Å². The number of carbonyl (C=O) groups excluding carboxylic acids is 1. The normalized spacial score (nSPS) is 13.4. The van der Waals surface area contributed by atoms with Gasteiger partial charge in [-0.1, -0.05) is 26.0 Å². The number of hydrogen-bond acceptors (Lipinski definition) is 5. The van der Waals surface area contributed by atoms with Crippen molar-refractivity contribution >= 4 is 21.9 Å². The van der Waals surface area contributed by atoms with E-state index >= 15 is 0 Å². The molecule has 0 saturated carbocycles. The van der Waals surface area contributed by atoms with Gasteiger partial charge in [-0.15, -0.1) is 0 Å². The van der Waals surface area contributed by atoms with Crippen LogP contribution in [0.5, 0.6) is 11.5 Å². The van der Waals surface area contributed by atoms with Crippen LogP contribution in [0.25, 0.3) is 6.08 Å². The summed E-state index contributed by atoms with van der Waals surface area (Å²) in [4.78, 5) is 12.6. The molecule has 2 aromatic carbocycles. The number of rotatable bonds is 7. The molecule has 1 aliphatic rings. The topological polar surface area (TPSA) is 72.9 Å². The summed E-state index contributed by atoms with van der Waals surface area (Å²) >= 11 is 0. The highest BCUT2D eigenvalue weighted by Gasteiger charge is 2.21. The van der Waals surface area contributed by atoms with E-state index in [1.807, 2.05) is 12.1 Å². The minimum absolute atomic E-state index is 0.163. The maximum Gasteiger partial charge on any atom is 0.243 e. The van der Waals surface area contributed by atoms with Crippen molar-refractivity contribution in [1.29, 1.82) is 0 Å². The number of ether oxygens (including phenoxy) is 2. The van der Waals surface area contributed by atoms with Gasteiger partial charge >= 0.3 is 0 Å². The number of ketones is 1. The summed E-state index contributed by atoms with van der Waals surface area (Å²) in [7, 11) is -3.53. The van der Waals surface area contributed by atoms with Crippen molar-refractivity contribution in [2.45, 2.75) is 18.7 Å². The minimum atomic E-state index is -3.53. The van der Waals surface area contributed by atoms with Gasteiger partial charge in [0.25, 0.3) is 0 Å². The fourth-order valence-corrected chi connectivity index (χ4v) is 4.31. The first-order chi connectivity index (χ1) is 13.0. The van der Waals surface area contributed by atoms with Gasteiger partial charge < -0.3 is 9.47 Å². The van der Waals surface area contributed by atoms with E-state index in [0.29, 0.717) is 30.2 Å². The van der Waals surface area contributed by atoms with Crippen LogP contribution < -0.4 is 9.47 Å². The van der Waals surface area contributed by atoms with Crippen LogP contribution in [0, 0.1) is 0 Å². The van der Waals surface area contributed by atoms with Crippen molar-refractivity contribution < 1.29 is 22.7 Å². The molecule has 1 heterocycles. The van der Waals surface area contributed by atoms with Gasteiger partial charge in [-0.2, -0.15) is 4.31 Å². The van der Waals surface area contributed by atoms with E-state index in [1.54, 1.807) is 26.0 Å². The number of benzene rings is 2. The number of para-hydroxylation sites is 1. The summed E-state index contributed by atoms with van der Waals surface area (Å²) in [6, 6.07) is 11.4. The quantitative estimate of drug-likeness (QED) is 0.538. The van der Waals surface area contributed by atoms with Crippen molar-refractivity contribution in [3.63, 3.8) is 0 Å². The highest BCUT2D eigenvalue weighted by molar-refractivity contribution is 7.89. The third kappa shape index (κ3) is 3.89. The second-order valence-corrected chi connectivity index (χ2v) is 7.83. The molecule has 0 atom stereocenters. The summed E-state index contributed by atoms with van der Waals surface area (Å²) < 4.78 is 37.1. The van der Waals surface area contributed by atoms with E-state index in [1.165, 1.54) is 34.6 Å². The maximum absolute atomic E-state index is 12.5. The molecule has 0 spiro atoms. The molecule has 1 aliphatic heterocycles. The van der Waals surface area contributed by atoms with E-state index in [0.717, 1.165) is 5.56 Å².